The Morgan fingerprint density at radius 2 is 1.82 bits per heavy atom. The van der Waals surface area contributed by atoms with Gasteiger partial charge in [-0.25, -0.2) is 8.42 Å². The largest absolute Gasteiger partial charge is 0.744 e. The van der Waals surface area contributed by atoms with E-state index in [4.69, 9.17) is 0 Å². The van der Waals surface area contributed by atoms with Gasteiger partial charge in [-0.2, -0.15) is 0 Å². The van der Waals surface area contributed by atoms with Crippen LogP contribution < -0.4 is 6.15 Å². The second-order valence-corrected chi connectivity index (χ2v) is 6.36. The summed E-state index contributed by atoms with van der Waals surface area (Å²) in [7, 11) is -4.32. The molecular weight excluding hydrogens is 306 g/mol. The van der Waals surface area contributed by atoms with Crippen molar-refractivity contribution in [3.63, 3.8) is 0 Å². The average Bonchev–Trinajstić information content (AvgIpc) is 2.17. The highest BCUT2D eigenvalue weighted by Crippen LogP contribution is 2.16. The molecule has 0 heterocycles. The zero-order chi connectivity index (χ0) is 12.2. The highest BCUT2D eigenvalue weighted by atomic mass is 79.9. The summed E-state index contributed by atoms with van der Waals surface area (Å²) in [6.07, 6.45) is 3.01. The van der Waals surface area contributed by atoms with Crippen LogP contribution >= 0.6 is 15.9 Å². The first-order valence-corrected chi connectivity index (χ1v) is 7.44. The monoisotopic (exact) mass is 323 g/mol. The third-order valence-electron chi connectivity index (χ3n) is 2.27. The number of hydrogen-bond donors (Lipinski definition) is 1. The van der Waals surface area contributed by atoms with Crippen LogP contribution in [0.1, 0.15) is 25.3 Å². The van der Waals surface area contributed by atoms with E-state index >= 15 is 0 Å². The number of halogens is 1. The summed E-state index contributed by atoms with van der Waals surface area (Å²) in [6.45, 7) is 2.11. The quantitative estimate of drug-likeness (QED) is 0.666. The first-order chi connectivity index (χ1) is 7.43. The van der Waals surface area contributed by atoms with Crippen LogP contribution in [0.3, 0.4) is 0 Å². The second kappa shape index (κ2) is 7.10. The molecule has 0 bridgehead atoms. The van der Waals surface area contributed by atoms with E-state index in [0.717, 1.165) is 24.8 Å². The lowest BCUT2D eigenvalue weighted by molar-refractivity contribution is 0.463. The Hall–Kier alpha value is -0.430. The zero-order valence-corrected chi connectivity index (χ0v) is 12.4. The molecule has 1 aromatic rings. The molecule has 1 aromatic carbocycles. The van der Waals surface area contributed by atoms with E-state index in [1.807, 2.05) is 0 Å². The van der Waals surface area contributed by atoms with Gasteiger partial charge in [-0.1, -0.05) is 41.4 Å². The van der Waals surface area contributed by atoms with E-state index in [0.29, 0.717) is 4.83 Å². The smallest absolute Gasteiger partial charge is 0.124 e. The molecule has 0 radical (unpaired) electrons. The van der Waals surface area contributed by atoms with Crippen LogP contribution in [0.2, 0.25) is 0 Å². The van der Waals surface area contributed by atoms with Crippen LogP contribution in [0, 0.1) is 0 Å². The number of hydrogen-bond acceptors (Lipinski definition) is 3. The normalized spacial score (nSPS) is 12.9. The predicted molar refractivity (Wildman–Crippen MR) is 71.7 cm³/mol. The number of quaternary nitrogens is 1. The van der Waals surface area contributed by atoms with E-state index in [2.05, 4.69) is 22.9 Å². The summed E-state index contributed by atoms with van der Waals surface area (Å²) in [5.74, 6) is 0. The lowest BCUT2D eigenvalue weighted by Crippen LogP contribution is -2.03. The summed E-state index contributed by atoms with van der Waals surface area (Å²) in [6, 6.07) is 6.11. The Balaban J connectivity index is 0.00000256. The van der Waals surface area contributed by atoms with Crippen molar-refractivity contribution in [1.82, 2.24) is 6.15 Å². The molecule has 4 nitrogen and oxygen atoms in total. The molecule has 0 aliphatic rings. The molecule has 6 heteroatoms. The molecule has 1 atom stereocenters. The van der Waals surface area contributed by atoms with E-state index in [-0.39, 0.29) is 11.0 Å². The first-order valence-electron chi connectivity index (χ1n) is 5.12. The molecule has 0 saturated carbocycles. The maximum atomic E-state index is 10.7. The molecule has 98 valence electrons. The molecule has 0 amide bonds. The maximum absolute atomic E-state index is 10.7. The van der Waals surface area contributed by atoms with Gasteiger partial charge in [-0.3, -0.25) is 0 Å². The van der Waals surface area contributed by atoms with Gasteiger partial charge in [0, 0.05) is 4.83 Å². The topological polar surface area (TPSA) is 93.7 Å². The fourth-order valence-electron chi connectivity index (χ4n) is 1.46. The highest BCUT2D eigenvalue weighted by molar-refractivity contribution is 9.09. The van der Waals surface area contributed by atoms with Crippen LogP contribution in [0.25, 0.3) is 0 Å². The summed E-state index contributed by atoms with van der Waals surface area (Å²) in [5, 5.41) is 0. The lowest BCUT2D eigenvalue weighted by atomic mass is 10.1. The molecule has 1 rings (SSSR count). The van der Waals surface area contributed by atoms with Crippen LogP contribution in [0.15, 0.2) is 29.2 Å². The van der Waals surface area contributed by atoms with Gasteiger partial charge in [0.05, 0.1) is 4.90 Å². The van der Waals surface area contributed by atoms with Gasteiger partial charge in [0.25, 0.3) is 0 Å². The number of alkyl halides is 1. The van der Waals surface area contributed by atoms with Crippen LogP contribution in [-0.4, -0.2) is 17.8 Å². The third kappa shape index (κ3) is 5.63. The van der Waals surface area contributed by atoms with Crippen molar-refractivity contribution in [2.45, 2.75) is 35.9 Å². The zero-order valence-electron chi connectivity index (χ0n) is 10.0. The molecular formula is C11H18BrNO3S. The maximum Gasteiger partial charge on any atom is 0.124 e. The Morgan fingerprint density at radius 1 is 1.29 bits per heavy atom. The first kappa shape index (κ1) is 16.6. The van der Waals surface area contributed by atoms with Crippen LogP contribution in [0.5, 0.6) is 0 Å². The van der Waals surface area contributed by atoms with Crippen molar-refractivity contribution in [2.75, 3.05) is 0 Å². The van der Waals surface area contributed by atoms with Gasteiger partial charge >= 0.3 is 0 Å². The fourth-order valence-corrected chi connectivity index (χ4v) is 2.76. The van der Waals surface area contributed by atoms with Crippen molar-refractivity contribution in [1.29, 1.82) is 0 Å². The molecule has 0 aliphatic carbocycles. The van der Waals surface area contributed by atoms with E-state index in [1.54, 1.807) is 12.1 Å². The molecule has 4 N–H and O–H groups in total. The minimum atomic E-state index is -4.32. The van der Waals surface area contributed by atoms with Crippen molar-refractivity contribution in [3.8, 4) is 0 Å². The van der Waals surface area contributed by atoms with Crippen molar-refractivity contribution in [2.24, 2.45) is 0 Å². The lowest BCUT2D eigenvalue weighted by Gasteiger charge is -2.10. The molecule has 0 aliphatic heterocycles. The SMILES string of the molecule is CCCC(Br)Cc1ccc(S(=O)(=O)[O-])cc1.[NH4+]. The molecule has 0 spiro atoms. The molecule has 1 unspecified atom stereocenters. The molecule has 0 aromatic heterocycles. The van der Waals surface area contributed by atoms with Crippen LogP contribution in [0.4, 0.5) is 0 Å². The summed E-state index contributed by atoms with van der Waals surface area (Å²) >= 11 is 3.55. The molecule has 0 fully saturated rings. The van der Waals surface area contributed by atoms with Gasteiger partial charge in [0.15, 0.2) is 0 Å². The minimum absolute atomic E-state index is 0. The van der Waals surface area contributed by atoms with Crippen molar-refractivity contribution in [3.05, 3.63) is 29.8 Å². The number of rotatable bonds is 5. The third-order valence-corrected chi connectivity index (χ3v) is 3.90. The summed E-state index contributed by atoms with van der Waals surface area (Å²) in [5.41, 5.74) is 1.03. The van der Waals surface area contributed by atoms with Crippen molar-refractivity contribution < 1.29 is 13.0 Å². The fraction of sp³-hybridized carbons (Fsp3) is 0.455. The Morgan fingerprint density at radius 3 is 2.24 bits per heavy atom. The van der Waals surface area contributed by atoms with Crippen LogP contribution in [-0.2, 0) is 16.5 Å². The Bertz CT molecular complexity index is 431. The van der Waals surface area contributed by atoms with Gasteiger partial charge in [0.1, 0.15) is 10.1 Å². The summed E-state index contributed by atoms with van der Waals surface area (Å²) in [4.78, 5) is 0.227. The van der Waals surface area contributed by atoms with E-state index in [1.165, 1.54) is 12.1 Å². The standard InChI is InChI=1S/C11H15BrO3S.H3N/c1-2-3-10(12)8-9-4-6-11(7-5-9)16(13,14)15;/h4-7,10H,2-3,8H2,1H3,(H,13,14,15);1H3. The highest BCUT2D eigenvalue weighted by Gasteiger charge is 2.05. The molecule has 0 saturated heterocycles. The number of benzene rings is 1. The van der Waals surface area contributed by atoms with Gasteiger partial charge in [0.2, 0.25) is 0 Å². The van der Waals surface area contributed by atoms with Gasteiger partial charge in [-0.05, 0) is 30.5 Å². The van der Waals surface area contributed by atoms with E-state index < -0.39 is 10.1 Å². The Labute approximate surface area is 111 Å². The Kier molecular flexibility index (Phi) is 6.92. The second-order valence-electron chi connectivity index (χ2n) is 3.69. The van der Waals surface area contributed by atoms with Crippen molar-refractivity contribution >= 4 is 26.0 Å². The average molecular weight is 324 g/mol. The predicted octanol–water partition coefficient (Wildman–Crippen LogP) is 3.07. The molecule has 17 heavy (non-hydrogen) atoms. The van der Waals surface area contributed by atoms with Gasteiger partial charge in [-0.15, -0.1) is 0 Å². The minimum Gasteiger partial charge on any atom is -0.744 e. The van der Waals surface area contributed by atoms with Gasteiger partial charge < -0.3 is 10.7 Å². The van der Waals surface area contributed by atoms with E-state index in [9.17, 15) is 13.0 Å². The summed E-state index contributed by atoms with van der Waals surface area (Å²) < 4.78 is 32.1.